The zero-order valence-corrected chi connectivity index (χ0v) is 12.9. The van der Waals surface area contributed by atoms with Crippen LogP contribution in [0.2, 0.25) is 0 Å². The lowest BCUT2D eigenvalue weighted by molar-refractivity contribution is -0.223. The summed E-state index contributed by atoms with van der Waals surface area (Å²) in [6.45, 7) is 3.23. The molecule has 1 atom stereocenters. The average molecular weight is 301 g/mol. The number of hydrogen-bond acceptors (Lipinski definition) is 4. The van der Waals surface area contributed by atoms with Crippen molar-refractivity contribution in [1.82, 2.24) is 4.90 Å². The summed E-state index contributed by atoms with van der Waals surface area (Å²) in [5, 5.41) is 0. The van der Waals surface area contributed by atoms with Crippen LogP contribution in [0.25, 0.3) is 0 Å². The van der Waals surface area contributed by atoms with E-state index in [2.05, 4.69) is 41.4 Å². The lowest BCUT2D eigenvalue weighted by Crippen LogP contribution is -2.53. The molecule has 4 nitrogen and oxygen atoms in total. The minimum atomic E-state index is -0.401. The minimum Gasteiger partial charge on any atom is -0.491 e. The van der Waals surface area contributed by atoms with Crippen molar-refractivity contribution in [1.29, 1.82) is 0 Å². The SMILES string of the molecule is C1=CN(Cc2ccccc2)CC2(CCCC3(C2)OCCO3)O1. The molecule has 2 spiro atoms. The van der Waals surface area contributed by atoms with Gasteiger partial charge in [0, 0.05) is 25.6 Å². The van der Waals surface area contributed by atoms with Crippen molar-refractivity contribution in [2.45, 2.75) is 43.6 Å². The van der Waals surface area contributed by atoms with Crippen molar-refractivity contribution < 1.29 is 14.2 Å². The van der Waals surface area contributed by atoms with E-state index in [-0.39, 0.29) is 5.60 Å². The standard InChI is InChI=1S/C18H23NO3/c1-2-5-16(6-3-1)13-19-9-10-20-17(15-19)7-4-8-18(14-17)21-11-12-22-18/h1-3,5-6,9-10H,4,7-8,11-15H2. The van der Waals surface area contributed by atoms with Crippen molar-refractivity contribution in [2.24, 2.45) is 0 Å². The molecule has 2 fully saturated rings. The third-order valence-electron chi connectivity index (χ3n) is 4.90. The number of nitrogens with zero attached hydrogens (tertiary/aromatic N) is 1. The maximum absolute atomic E-state index is 6.08. The molecule has 1 aliphatic carbocycles. The van der Waals surface area contributed by atoms with Crippen LogP contribution in [0, 0.1) is 0 Å². The Kier molecular flexibility index (Phi) is 3.59. The largest absolute Gasteiger partial charge is 0.491 e. The highest BCUT2D eigenvalue weighted by Gasteiger charge is 2.50. The summed E-state index contributed by atoms with van der Waals surface area (Å²) in [6, 6.07) is 10.6. The fraction of sp³-hybridized carbons (Fsp3) is 0.556. The quantitative estimate of drug-likeness (QED) is 0.840. The molecule has 1 saturated carbocycles. The fourth-order valence-corrected chi connectivity index (χ4v) is 3.97. The zero-order valence-electron chi connectivity index (χ0n) is 12.9. The van der Waals surface area contributed by atoms with Gasteiger partial charge in [0.15, 0.2) is 5.79 Å². The van der Waals surface area contributed by atoms with Gasteiger partial charge >= 0.3 is 0 Å². The second kappa shape index (κ2) is 5.60. The van der Waals surface area contributed by atoms with E-state index in [4.69, 9.17) is 14.2 Å². The second-order valence-corrected chi connectivity index (χ2v) is 6.61. The molecule has 1 unspecified atom stereocenters. The molecule has 118 valence electrons. The Morgan fingerprint density at radius 3 is 2.68 bits per heavy atom. The van der Waals surface area contributed by atoms with Crippen LogP contribution in [-0.2, 0) is 20.8 Å². The summed E-state index contributed by atoms with van der Waals surface area (Å²) in [5.41, 5.74) is 1.15. The maximum atomic E-state index is 6.08. The fourth-order valence-electron chi connectivity index (χ4n) is 3.97. The molecule has 1 saturated heterocycles. The first-order valence-corrected chi connectivity index (χ1v) is 8.18. The van der Waals surface area contributed by atoms with Crippen molar-refractivity contribution >= 4 is 0 Å². The van der Waals surface area contributed by atoms with E-state index in [1.54, 1.807) is 0 Å². The maximum Gasteiger partial charge on any atom is 0.172 e. The van der Waals surface area contributed by atoms with Crippen LogP contribution in [0.1, 0.15) is 31.2 Å². The van der Waals surface area contributed by atoms with Gasteiger partial charge in [-0.05, 0) is 18.4 Å². The van der Waals surface area contributed by atoms with Crippen molar-refractivity contribution in [2.75, 3.05) is 19.8 Å². The Hall–Kier alpha value is -1.52. The van der Waals surface area contributed by atoms with Crippen molar-refractivity contribution in [3.63, 3.8) is 0 Å². The molecular weight excluding hydrogens is 278 g/mol. The van der Waals surface area contributed by atoms with Gasteiger partial charge in [-0.1, -0.05) is 30.3 Å². The lowest BCUT2D eigenvalue weighted by Gasteiger charge is -2.47. The molecule has 0 aromatic heterocycles. The molecule has 4 heteroatoms. The van der Waals surface area contributed by atoms with Gasteiger partial charge in [0.1, 0.15) is 5.60 Å². The Bertz CT molecular complexity index is 539. The molecule has 0 radical (unpaired) electrons. The van der Waals surface area contributed by atoms with Crippen molar-refractivity contribution in [3.05, 3.63) is 48.4 Å². The van der Waals surface area contributed by atoms with E-state index in [1.807, 2.05) is 6.26 Å². The molecule has 22 heavy (non-hydrogen) atoms. The normalized spacial score (nSPS) is 29.9. The third-order valence-corrected chi connectivity index (χ3v) is 4.90. The molecule has 2 heterocycles. The summed E-state index contributed by atoms with van der Waals surface area (Å²) >= 11 is 0. The molecule has 4 rings (SSSR count). The van der Waals surface area contributed by atoms with Gasteiger partial charge in [-0.25, -0.2) is 0 Å². The van der Waals surface area contributed by atoms with E-state index in [1.165, 1.54) is 5.56 Å². The van der Waals surface area contributed by atoms with Crippen LogP contribution >= 0.6 is 0 Å². The van der Waals surface area contributed by atoms with Crippen LogP contribution in [0.3, 0.4) is 0 Å². The van der Waals surface area contributed by atoms with E-state index >= 15 is 0 Å². The van der Waals surface area contributed by atoms with Gasteiger partial charge in [0.05, 0.1) is 26.0 Å². The molecular formula is C18H23NO3. The summed E-state index contributed by atoms with van der Waals surface area (Å²) in [5.74, 6) is -0.401. The van der Waals surface area contributed by atoms with Crippen LogP contribution in [0.4, 0.5) is 0 Å². The zero-order chi connectivity index (χ0) is 14.9. The molecule has 0 bridgehead atoms. The predicted octanol–water partition coefficient (Wildman–Crippen LogP) is 3.05. The number of benzene rings is 1. The smallest absolute Gasteiger partial charge is 0.172 e. The highest BCUT2D eigenvalue weighted by atomic mass is 16.7. The van der Waals surface area contributed by atoms with Gasteiger partial charge in [0.25, 0.3) is 0 Å². The first kappa shape index (κ1) is 14.1. The first-order valence-electron chi connectivity index (χ1n) is 8.18. The molecule has 0 N–H and O–H groups in total. The van der Waals surface area contributed by atoms with E-state index in [9.17, 15) is 0 Å². The predicted molar refractivity (Wildman–Crippen MR) is 82.9 cm³/mol. The van der Waals surface area contributed by atoms with E-state index in [0.29, 0.717) is 13.2 Å². The van der Waals surface area contributed by atoms with Gasteiger partial charge in [-0.2, -0.15) is 0 Å². The highest BCUT2D eigenvalue weighted by Crippen LogP contribution is 2.44. The highest BCUT2D eigenvalue weighted by molar-refractivity contribution is 5.15. The molecule has 3 aliphatic rings. The second-order valence-electron chi connectivity index (χ2n) is 6.61. The van der Waals surface area contributed by atoms with E-state index < -0.39 is 5.79 Å². The van der Waals surface area contributed by atoms with E-state index in [0.717, 1.165) is 38.8 Å². The van der Waals surface area contributed by atoms with Gasteiger partial charge in [0.2, 0.25) is 0 Å². The van der Waals surface area contributed by atoms with Crippen LogP contribution in [0.5, 0.6) is 0 Å². The monoisotopic (exact) mass is 301 g/mol. The summed E-state index contributed by atoms with van der Waals surface area (Å²) in [7, 11) is 0. The number of rotatable bonds is 2. The molecule has 1 aromatic carbocycles. The van der Waals surface area contributed by atoms with Crippen molar-refractivity contribution in [3.8, 4) is 0 Å². The Balaban J connectivity index is 1.48. The minimum absolute atomic E-state index is 0.174. The van der Waals surface area contributed by atoms with Gasteiger partial charge in [-0.3, -0.25) is 0 Å². The number of hydrogen-bond donors (Lipinski definition) is 0. The number of ether oxygens (including phenoxy) is 3. The average Bonchev–Trinajstić information content (AvgIpc) is 2.96. The van der Waals surface area contributed by atoms with Crippen LogP contribution < -0.4 is 0 Å². The summed E-state index contributed by atoms with van der Waals surface area (Å²) in [6.07, 6.45) is 7.87. The van der Waals surface area contributed by atoms with Crippen LogP contribution in [-0.4, -0.2) is 36.0 Å². The molecule has 2 aliphatic heterocycles. The molecule has 0 amide bonds. The van der Waals surface area contributed by atoms with Gasteiger partial charge < -0.3 is 19.1 Å². The first-order chi connectivity index (χ1) is 10.8. The Morgan fingerprint density at radius 1 is 1.05 bits per heavy atom. The van der Waals surface area contributed by atoms with Gasteiger partial charge in [-0.15, -0.1) is 0 Å². The lowest BCUT2D eigenvalue weighted by atomic mass is 9.80. The van der Waals surface area contributed by atoms with Crippen LogP contribution in [0.15, 0.2) is 42.8 Å². The third kappa shape index (κ3) is 2.73. The topological polar surface area (TPSA) is 30.9 Å². The summed E-state index contributed by atoms with van der Waals surface area (Å²) < 4.78 is 17.9. The molecule has 1 aromatic rings. The Morgan fingerprint density at radius 2 is 1.86 bits per heavy atom. The summed E-state index contributed by atoms with van der Waals surface area (Å²) in [4.78, 5) is 2.34. The Labute approximate surface area is 131 Å².